The van der Waals surface area contributed by atoms with E-state index < -0.39 is 0 Å². The van der Waals surface area contributed by atoms with Gasteiger partial charge >= 0.3 is 0 Å². The maximum absolute atomic E-state index is 12.4. The van der Waals surface area contributed by atoms with Crippen LogP contribution in [0.5, 0.6) is 17.4 Å². The summed E-state index contributed by atoms with van der Waals surface area (Å²) in [6.45, 7) is 4.56. The first-order valence-electron chi connectivity index (χ1n) is 7.76. The first-order valence-corrected chi connectivity index (χ1v) is 8.14. The zero-order valence-electron chi connectivity index (χ0n) is 14.6. The smallest absolute Gasteiger partial charge is 0.255 e. The Hall–Kier alpha value is -2.47. The second-order valence-corrected chi connectivity index (χ2v) is 6.14. The molecule has 0 fully saturated rings. The molecule has 1 aromatic heterocycles. The van der Waals surface area contributed by atoms with Crippen LogP contribution < -0.4 is 19.5 Å². The van der Waals surface area contributed by atoms with Crippen molar-refractivity contribution in [3.8, 4) is 17.4 Å². The van der Waals surface area contributed by atoms with E-state index in [1.165, 1.54) is 20.4 Å². The average molecular weight is 365 g/mol. The fourth-order valence-electron chi connectivity index (χ4n) is 2.02. The zero-order chi connectivity index (χ0) is 18.4. The first-order chi connectivity index (χ1) is 11.9. The van der Waals surface area contributed by atoms with Crippen LogP contribution in [0.4, 0.5) is 5.69 Å². The van der Waals surface area contributed by atoms with Gasteiger partial charge in [0.25, 0.3) is 5.91 Å². The van der Waals surface area contributed by atoms with Crippen LogP contribution in [0.1, 0.15) is 24.2 Å². The van der Waals surface area contributed by atoms with Crippen LogP contribution in [0.2, 0.25) is 5.02 Å². The number of methoxy groups -OCH3 is 2. The van der Waals surface area contributed by atoms with Crippen LogP contribution in [-0.2, 0) is 0 Å². The minimum Gasteiger partial charge on any atom is -0.493 e. The van der Waals surface area contributed by atoms with Gasteiger partial charge in [0.1, 0.15) is 0 Å². The van der Waals surface area contributed by atoms with Gasteiger partial charge in [0.05, 0.1) is 37.7 Å². The molecule has 0 aliphatic heterocycles. The van der Waals surface area contributed by atoms with E-state index in [-0.39, 0.29) is 5.91 Å². The number of nitrogens with one attached hydrogen (secondary N) is 1. The van der Waals surface area contributed by atoms with Gasteiger partial charge in [-0.3, -0.25) is 4.79 Å². The number of hydrogen-bond donors (Lipinski definition) is 1. The summed E-state index contributed by atoms with van der Waals surface area (Å²) in [5, 5.41) is 3.06. The van der Waals surface area contributed by atoms with E-state index in [1.54, 1.807) is 24.3 Å². The van der Waals surface area contributed by atoms with Crippen LogP contribution in [-0.4, -0.2) is 31.7 Å². The first kappa shape index (κ1) is 18.9. The van der Waals surface area contributed by atoms with Crippen molar-refractivity contribution in [3.63, 3.8) is 0 Å². The number of carbonyl (C=O) groups is 1. The van der Waals surface area contributed by atoms with Crippen molar-refractivity contribution in [2.75, 3.05) is 26.1 Å². The van der Waals surface area contributed by atoms with Crippen LogP contribution in [0.3, 0.4) is 0 Å². The van der Waals surface area contributed by atoms with Crippen molar-refractivity contribution in [1.82, 2.24) is 4.98 Å². The van der Waals surface area contributed by atoms with Gasteiger partial charge < -0.3 is 19.5 Å². The number of anilines is 1. The van der Waals surface area contributed by atoms with Crippen LogP contribution in [0, 0.1) is 5.92 Å². The van der Waals surface area contributed by atoms with Crippen LogP contribution in [0.25, 0.3) is 0 Å². The Morgan fingerprint density at radius 2 is 2.00 bits per heavy atom. The molecule has 0 bridgehead atoms. The number of ether oxygens (including phenoxy) is 3. The predicted octanol–water partition coefficient (Wildman–Crippen LogP) is 4.04. The van der Waals surface area contributed by atoms with Gasteiger partial charge in [-0.05, 0) is 24.1 Å². The molecule has 6 nitrogen and oxygen atoms in total. The molecule has 0 atom stereocenters. The van der Waals surface area contributed by atoms with Crippen molar-refractivity contribution in [2.24, 2.45) is 5.92 Å². The molecule has 0 radical (unpaired) electrons. The van der Waals surface area contributed by atoms with Crippen LogP contribution >= 0.6 is 11.6 Å². The molecule has 2 aromatic rings. The molecule has 0 saturated heterocycles. The van der Waals surface area contributed by atoms with Crippen molar-refractivity contribution in [1.29, 1.82) is 0 Å². The molecule has 134 valence electrons. The third-order valence-electron chi connectivity index (χ3n) is 3.26. The van der Waals surface area contributed by atoms with Crippen molar-refractivity contribution in [3.05, 3.63) is 41.0 Å². The molecule has 0 aliphatic carbocycles. The van der Waals surface area contributed by atoms with Gasteiger partial charge in [-0.2, -0.15) is 0 Å². The number of amides is 1. The Morgan fingerprint density at radius 3 is 2.56 bits per heavy atom. The maximum Gasteiger partial charge on any atom is 0.255 e. The summed E-state index contributed by atoms with van der Waals surface area (Å²) >= 11 is 6.27. The lowest BCUT2D eigenvalue weighted by molar-refractivity contribution is 0.102. The summed E-state index contributed by atoms with van der Waals surface area (Å²) in [6, 6.07) is 6.49. The predicted molar refractivity (Wildman–Crippen MR) is 97.1 cm³/mol. The van der Waals surface area contributed by atoms with E-state index in [1.807, 2.05) is 13.8 Å². The standard InChI is InChI=1S/C18H21ClN2O4/c1-11(2)10-25-17-14(19)7-12(8-15(17)23-3)18(22)21-13-5-6-16(24-4)20-9-13/h5-9,11H,10H2,1-4H3,(H,21,22). The number of hydrogen-bond acceptors (Lipinski definition) is 5. The molecular weight excluding hydrogens is 344 g/mol. The lowest BCUT2D eigenvalue weighted by Gasteiger charge is -2.15. The van der Waals surface area contributed by atoms with Gasteiger partial charge in [-0.15, -0.1) is 0 Å². The SMILES string of the molecule is COc1ccc(NC(=O)c2cc(Cl)c(OCC(C)C)c(OC)c2)cn1. The Bertz CT molecular complexity index is 733. The highest BCUT2D eigenvalue weighted by Gasteiger charge is 2.16. The highest BCUT2D eigenvalue weighted by molar-refractivity contribution is 6.32. The highest BCUT2D eigenvalue weighted by atomic mass is 35.5. The summed E-state index contributed by atoms with van der Waals surface area (Å²) < 4.78 is 16.0. The zero-order valence-corrected chi connectivity index (χ0v) is 15.4. The number of aromatic nitrogens is 1. The normalized spacial score (nSPS) is 10.5. The third kappa shape index (κ3) is 5.00. The molecule has 1 N–H and O–H groups in total. The summed E-state index contributed by atoms with van der Waals surface area (Å²) in [4.78, 5) is 16.5. The average Bonchev–Trinajstić information content (AvgIpc) is 2.60. The molecule has 25 heavy (non-hydrogen) atoms. The fraction of sp³-hybridized carbons (Fsp3) is 0.333. The van der Waals surface area contributed by atoms with Crippen molar-refractivity contribution in [2.45, 2.75) is 13.8 Å². The molecule has 0 saturated carbocycles. The molecule has 2 rings (SSSR count). The Kier molecular flexibility index (Phi) is 6.47. The number of rotatable bonds is 7. The number of pyridine rings is 1. The molecule has 0 aliphatic rings. The minimum absolute atomic E-state index is 0.318. The van der Waals surface area contributed by atoms with Crippen molar-refractivity contribution < 1.29 is 19.0 Å². The van der Waals surface area contributed by atoms with E-state index in [4.69, 9.17) is 25.8 Å². The second-order valence-electron chi connectivity index (χ2n) is 5.74. The van der Waals surface area contributed by atoms with Crippen molar-refractivity contribution >= 4 is 23.2 Å². The van der Waals surface area contributed by atoms with Gasteiger partial charge in [-0.25, -0.2) is 4.98 Å². The molecule has 1 heterocycles. The molecule has 1 amide bonds. The van der Waals surface area contributed by atoms with E-state index in [2.05, 4.69) is 10.3 Å². The van der Waals surface area contributed by atoms with E-state index in [0.29, 0.717) is 46.2 Å². The number of nitrogens with zero attached hydrogens (tertiary/aromatic N) is 1. The lowest BCUT2D eigenvalue weighted by atomic mass is 10.1. The third-order valence-corrected chi connectivity index (χ3v) is 3.54. The van der Waals surface area contributed by atoms with Gasteiger partial charge in [0.2, 0.25) is 5.88 Å². The quantitative estimate of drug-likeness (QED) is 0.802. The Morgan fingerprint density at radius 1 is 1.24 bits per heavy atom. The van der Waals surface area contributed by atoms with E-state index in [9.17, 15) is 4.79 Å². The largest absolute Gasteiger partial charge is 0.493 e. The fourth-order valence-corrected chi connectivity index (χ4v) is 2.28. The number of carbonyl (C=O) groups excluding carboxylic acids is 1. The maximum atomic E-state index is 12.4. The second kappa shape index (κ2) is 8.58. The topological polar surface area (TPSA) is 69.7 Å². The molecule has 0 spiro atoms. The monoisotopic (exact) mass is 364 g/mol. The summed E-state index contributed by atoms with van der Waals surface area (Å²) in [7, 11) is 3.03. The number of benzene rings is 1. The van der Waals surface area contributed by atoms with E-state index >= 15 is 0 Å². The van der Waals surface area contributed by atoms with Crippen LogP contribution in [0.15, 0.2) is 30.5 Å². The lowest BCUT2D eigenvalue weighted by Crippen LogP contribution is -2.13. The summed E-state index contributed by atoms with van der Waals surface area (Å²) in [6.07, 6.45) is 1.51. The number of halogens is 1. The molecule has 7 heteroatoms. The van der Waals surface area contributed by atoms with Gasteiger partial charge in [0, 0.05) is 11.6 Å². The van der Waals surface area contributed by atoms with E-state index in [0.717, 1.165) is 0 Å². The summed E-state index contributed by atoms with van der Waals surface area (Å²) in [5.74, 6) is 1.31. The highest BCUT2D eigenvalue weighted by Crippen LogP contribution is 2.36. The Labute approximate surface area is 152 Å². The molecule has 1 aromatic carbocycles. The molecule has 0 unspecified atom stereocenters. The van der Waals surface area contributed by atoms with Gasteiger partial charge in [-0.1, -0.05) is 25.4 Å². The van der Waals surface area contributed by atoms with Gasteiger partial charge in [0.15, 0.2) is 11.5 Å². The summed E-state index contributed by atoms with van der Waals surface area (Å²) in [5.41, 5.74) is 0.899. The minimum atomic E-state index is -0.331. The Balaban J connectivity index is 2.19. The molecular formula is C18H21ClN2O4.